The number of nitrogens with zero attached hydrogens (tertiary/aromatic N) is 4. The largest absolute Gasteiger partial charge is 0.473 e. The molecule has 0 spiro atoms. The molecule has 2 aliphatic rings. The first-order valence-electron chi connectivity index (χ1n) is 7.63. The Hall–Kier alpha value is -2.37. The van der Waals surface area contributed by atoms with Gasteiger partial charge in [0.25, 0.3) is 5.88 Å². The number of imidazole rings is 1. The van der Waals surface area contributed by atoms with Crippen LogP contribution >= 0.6 is 0 Å². The molecule has 1 aromatic heterocycles. The van der Waals surface area contributed by atoms with Gasteiger partial charge in [-0.15, -0.1) is 4.73 Å². The SMILES string of the molecule is CCCCc1nc2c(OC(C)C)n(O)c3cccnc3c-2n1. The van der Waals surface area contributed by atoms with E-state index in [1.54, 1.807) is 18.3 Å². The van der Waals surface area contributed by atoms with Crippen LogP contribution < -0.4 is 4.74 Å². The van der Waals surface area contributed by atoms with E-state index in [4.69, 9.17) is 4.74 Å². The predicted octanol–water partition coefficient (Wildman–Crippen LogP) is 3.30. The summed E-state index contributed by atoms with van der Waals surface area (Å²) in [5.41, 5.74) is 2.44. The standard InChI is InChI=1S/C16H20N4O2/c1-4-5-8-12-18-14-13-11(7-6-9-17-13)20(21)16(15(14)19-12)22-10(2)3/h6-7,9-10,21H,4-5,8H2,1-3H3. The van der Waals surface area contributed by atoms with E-state index in [2.05, 4.69) is 21.9 Å². The van der Waals surface area contributed by atoms with Crippen LogP contribution in [-0.2, 0) is 6.42 Å². The highest BCUT2D eigenvalue weighted by Gasteiger charge is 2.25. The Balaban J connectivity index is 2.25. The lowest BCUT2D eigenvalue weighted by Gasteiger charge is -2.16. The number of ether oxygens (including phenoxy) is 1. The van der Waals surface area contributed by atoms with E-state index in [9.17, 15) is 5.21 Å². The van der Waals surface area contributed by atoms with E-state index in [1.165, 1.54) is 0 Å². The van der Waals surface area contributed by atoms with Crippen molar-refractivity contribution in [2.75, 3.05) is 0 Å². The molecule has 0 saturated heterocycles. The van der Waals surface area contributed by atoms with Gasteiger partial charge in [-0.25, -0.2) is 9.97 Å². The van der Waals surface area contributed by atoms with Crippen LogP contribution in [-0.4, -0.2) is 31.0 Å². The molecule has 3 heterocycles. The Morgan fingerprint density at radius 1 is 1.27 bits per heavy atom. The molecule has 6 nitrogen and oxygen atoms in total. The van der Waals surface area contributed by atoms with Gasteiger partial charge in [0.2, 0.25) is 0 Å². The Morgan fingerprint density at radius 2 is 2.05 bits per heavy atom. The molecule has 0 fully saturated rings. The summed E-state index contributed by atoms with van der Waals surface area (Å²) in [6, 6.07) is 3.56. The zero-order valence-corrected chi connectivity index (χ0v) is 13.1. The van der Waals surface area contributed by atoms with E-state index >= 15 is 0 Å². The number of hydrogen-bond acceptors (Lipinski definition) is 5. The summed E-state index contributed by atoms with van der Waals surface area (Å²) in [5.74, 6) is 1.09. The number of unbranched alkanes of at least 4 members (excludes halogenated alkanes) is 1. The minimum Gasteiger partial charge on any atom is -0.473 e. The molecule has 3 rings (SSSR count). The van der Waals surface area contributed by atoms with Crippen LogP contribution in [0.15, 0.2) is 18.3 Å². The highest BCUT2D eigenvalue weighted by molar-refractivity contribution is 5.91. The molecular formula is C16H20N4O2. The second kappa shape index (κ2) is 5.79. The van der Waals surface area contributed by atoms with Crippen LogP contribution in [0, 0.1) is 0 Å². The van der Waals surface area contributed by atoms with Gasteiger partial charge in [-0.1, -0.05) is 13.3 Å². The summed E-state index contributed by atoms with van der Waals surface area (Å²) in [4.78, 5) is 13.5. The van der Waals surface area contributed by atoms with E-state index in [-0.39, 0.29) is 6.10 Å². The second-order valence-corrected chi connectivity index (χ2v) is 5.60. The molecule has 2 aliphatic heterocycles. The minimum absolute atomic E-state index is 0.0773. The highest BCUT2D eigenvalue weighted by Crippen LogP contribution is 2.36. The zero-order valence-electron chi connectivity index (χ0n) is 13.1. The summed E-state index contributed by atoms with van der Waals surface area (Å²) >= 11 is 0. The third-order valence-corrected chi connectivity index (χ3v) is 3.44. The Bertz CT molecular complexity index is 766. The summed E-state index contributed by atoms with van der Waals surface area (Å²) in [6.45, 7) is 5.95. The van der Waals surface area contributed by atoms with E-state index in [0.717, 1.165) is 29.8 Å². The smallest absolute Gasteiger partial charge is 0.256 e. The number of aryl methyl sites for hydroxylation is 1. The van der Waals surface area contributed by atoms with Crippen LogP contribution in [0.3, 0.4) is 0 Å². The Kier molecular flexibility index (Phi) is 3.83. The first-order chi connectivity index (χ1) is 10.6. The van der Waals surface area contributed by atoms with Gasteiger partial charge < -0.3 is 9.94 Å². The normalized spacial score (nSPS) is 11.6. The van der Waals surface area contributed by atoms with Crippen molar-refractivity contribution in [2.24, 2.45) is 0 Å². The van der Waals surface area contributed by atoms with Gasteiger partial charge in [0.05, 0.1) is 6.10 Å². The topological polar surface area (TPSA) is 73.1 Å². The molecule has 1 N–H and O–H groups in total. The lowest BCUT2D eigenvalue weighted by Crippen LogP contribution is -2.13. The lowest BCUT2D eigenvalue weighted by molar-refractivity contribution is 0.129. The van der Waals surface area contributed by atoms with Crippen molar-refractivity contribution in [2.45, 2.75) is 46.1 Å². The number of fused-ring (bicyclic) bond motifs is 3. The third-order valence-electron chi connectivity index (χ3n) is 3.44. The molecule has 0 bridgehead atoms. The number of hydrogen-bond donors (Lipinski definition) is 1. The van der Waals surface area contributed by atoms with Crippen molar-refractivity contribution in [3.8, 4) is 17.3 Å². The molecule has 22 heavy (non-hydrogen) atoms. The molecule has 116 valence electrons. The molecule has 0 amide bonds. The molecule has 1 aromatic rings. The van der Waals surface area contributed by atoms with Gasteiger partial charge in [0.15, 0.2) is 5.69 Å². The van der Waals surface area contributed by atoms with Crippen molar-refractivity contribution in [1.29, 1.82) is 0 Å². The number of rotatable bonds is 5. The van der Waals surface area contributed by atoms with E-state index < -0.39 is 0 Å². The monoisotopic (exact) mass is 300 g/mol. The van der Waals surface area contributed by atoms with Crippen molar-refractivity contribution in [1.82, 2.24) is 19.7 Å². The van der Waals surface area contributed by atoms with Gasteiger partial charge >= 0.3 is 0 Å². The van der Waals surface area contributed by atoms with Gasteiger partial charge in [0, 0.05) is 12.6 Å². The number of pyridine rings is 2. The molecular weight excluding hydrogens is 280 g/mol. The van der Waals surface area contributed by atoms with E-state index in [1.807, 2.05) is 13.8 Å². The maximum atomic E-state index is 10.5. The quantitative estimate of drug-likeness (QED) is 0.732. The van der Waals surface area contributed by atoms with Gasteiger partial charge in [0.1, 0.15) is 22.6 Å². The molecule has 0 atom stereocenters. The van der Waals surface area contributed by atoms with Crippen molar-refractivity contribution >= 4 is 11.0 Å². The Labute approximate surface area is 129 Å². The van der Waals surface area contributed by atoms with E-state index in [0.29, 0.717) is 28.3 Å². The minimum atomic E-state index is -0.0773. The van der Waals surface area contributed by atoms with Crippen LogP contribution in [0.2, 0.25) is 0 Å². The number of aromatic nitrogens is 4. The third kappa shape index (κ3) is 2.45. The summed E-state index contributed by atoms with van der Waals surface area (Å²) < 4.78 is 6.78. The van der Waals surface area contributed by atoms with Crippen LogP contribution in [0.1, 0.15) is 39.4 Å². The molecule has 0 aliphatic carbocycles. The van der Waals surface area contributed by atoms with Crippen LogP contribution in [0.25, 0.3) is 22.4 Å². The molecule has 0 saturated carbocycles. The van der Waals surface area contributed by atoms with Crippen molar-refractivity contribution in [3.63, 3.8) is 0 Å². The summed E-state index contributed by atoms with van der Waals surface area (Å²) in [5, 5.41) is 10.5. The fraction of sp³-hybridized carbons (Fsp3) is 0.438. The zero-order chi connectivity index (χ0) is 15.7. The van der Waals surface area contributed by atoms with Crippen molar-refractivity contribution in [3.05, 3.63) is 24.2 Å². The van der Waals surface area contributed by atoms with Gasteiger partial charge in [-0.3, -0.25) is 4.98 Å². The highest BCUT2D eigenvalue weighted by atomic mass is 16.6. The van der Waals surface area contributed by atoms with Gasteiger partial charge in [-0.05, 0) is 32.4 Å². The Morgan fingerprint density at radius 3 is 2.77 bits per heavy atom. The second-order valence-electron chi connectivity index (χ2n) is 5.60. The average Bonchev–Trinajstić information content (AvgIpc) is 2.93. The van der Waals surface area contributed by atoms with Crippen LogP contribution in [0.4, 0.5) is 0 Å². The van der Waals surface area contributed by atoms with Gasteiger partial charge in [-0.2, -0.15) is 0 Å². The average molecular weight is 300 g/mol. The summed E-state index contributed by atoms with van der Waals surface area (Å²) in [7, 11) is 0. The molecule has 0 unspecified atom stereocenters. The maximum absolute atomic E-state index is 10.5. The summed E-state index contributed by atoms with van der Waals surface area (Å²) in [6.07, 6.45) is 4.53. The first-order valence-corrected chi connectivity index (χ1v) is 7.63. The molecule has 0 aromatic carbocycles. The molecule has 6 heteroatoms. The fourth-order valence-electron chi connectivity index (χ4n) is 2.44. The lowest BCUT2D eigenvalue weighted by atomic mass is 10.2. The maximum Gasteiger partial charge on any atom is 0.256 e. The van der Waals surface area contributed by atoms with Crippen molar-refractivity contribution < 1.29 is 9.94 Å². The fourth-order valence-corrected chi connectivity index (χ4v) is 2.44. The first kappa shape index (κ1) is 14.6. The molecule has 0 radical (unpaired) electrons. The predicted molar refractivity (Wildman–Crippen MR) is 83.5 cm³/mol. The van der Waals surface area contributed by atoms with Crippen LogP contribution in [0.5, 0.6) is 5.88 Å².